The third-order valence-electron chi connectivity index (χ3n) is 17.3. The molecule has 0 saturated carbocycles. The molecule has 0 spiro atoms. The molecule has 0 saturated heterocycles. The van der Waals surface area contributed by atoms with Crippen LogP contribution < -0.4 is 0 Å². The largest absolute Gasteiger partial charge is 0.309 e. The highest BCUT2D eigenvalue weighted by Crippen LogP contribution is 2.42. The van der Waals surface area contributed by atoms with E-state index in [0.717, 1.165) is 121 Å². The normalized spacial score (nSPS) is 11.9. The highest BCUT2D eigenvalue weighted by molar-refractivity contribution is 6.20. The lowest BCUT2D eigenvalue weighted by atomic mass is 10.0. The van der Waals surface area contributed by atoms with Crippen LogP contribution in [0.15, 0.2) is 291 Å². The Morgan fingerprint density at radius 3 is 0.943 bits per heavy atom. The molecule has 6 heterocycles. The first-order valence-corrected chi connectivity index (χ1v) is 29.5. The van der Waals surface area contributed by atoms with Crippen LogP contribution in [0.2, 0.25) is 0 Å². The maximum absolute atomic E-state index is 5.43. The molecule has 10 heteroatoms. The van der Waals surface area contributed by atoms with Crippen LogP contribution in [-0.2, 0) is 0 Å². The van der Waals surface area contributed by atoms with Gasteiger partial charge in [0, 0.05) is 76.7 Å². The smallest absolute Gasteiger partial charge is 0.238 e. The number of fused-ring (bicyclic) bond motifs is 12. The molecule has 0 fully saturated rings. The molecule has 0 N–H and O–H groups in total. The van der Waals surface area contributed by atoms with E-state index in [0.29, 0.717) is 35.2 Å². The van der Waals surface area contributed by atoms with Crippen molar-refractivity contribution >= 4 is 87.2 Å². The van der Waals surface area contributed by atoms with Crippen molar-refractivity contribution in [2.24, 2.45) is 0 Å². The third-order valence-corrected chi connectivity index (χ3v) is 17.3. The van der Waals surface area contributed by atoms with Crippen LogP contribution in [0.1, 0.15) is 0 Å². The summed E-state index contributed by atoms with van der Waals surface area (Å²) in [6, 6.07) is 102. The first-order chi connectivity index (χ1) is 43.6. The monoisotopic (exact) mass is 1120 g/mol. The van der Waals surface area contributed by atoms with Crippen molar-refractivity contribution in [3.8, 4) is 79.9 Å². The second kappa shape index (κ2) is 19.7. The minimum atomic E-state index is 0.541. The van der Waals surface area contributed by atoms with E-state index < -0.39 is 0 Å². The quantitative estimate of drug-likeness (QED) is 0.143. The predicted octanol–water partition coefficient (Wildman–Crippen LogP) is 18.8. The van der Waals surface area contributed by atoms with Crippen molar-refractivity contribution in [2.45, 2.75) is 0 Å². The minimum absolute atomic E-state index is 0.541. The first kappa shape index (κ1) is 49.3. The molecule has 0 aliphatic heterocycles. The maximum atomic E-state index is 5.43. The van der Waals surface area contributed by atoms with Crippen LogP contribution in [-0.4, -0.2) is 48.2 Å². The van der Waals surface area contributed by atoms with Gasteiger partial charge in [-0.1, -0.05) is 212 Å². The van der Waals surface area contributed by atoms with Crippen molar-refractivity contribution in [2.75, 3.05) is 0 Å². The zero-order valence-corrected chi connectivity index (χ0v) is 47.2. The summed E-state index contributed by atoms with van der Waals surface area (Å²) in [7, 11) is 0. The molecule has 0 radical (unpaired) electrons. The van der Waals surface area contributed by atoms with Crippen LogP contribution in [0.25, 0.3) is 167 Å². The van der Waals surface area contributed by atoms with E-state index in [-0.39, 0.29) is 0 Å². The van der Waals surface area contributed by atoms with Gasteiger partial charge in [0.15, 0.2) is 23.3 Å². The Bertz CT molecular complexity index is 5730. The van der Waals surface area contributed by atoms with Crippen molar-refractivity contribution in [3.63, 3.8) is 0 Å². The van der Waals surface area contributed by atoms with E-state index in [4.69, 9.17) is 29.9 Å². The van der Waals surface area contributed by atoms with Gasteiger partial charge in [-0.3, -0.25) is 9.13 Å². The Labute approximate surface area is 503 Å². The lowest BCUT2D eigenvalue weighted by Crippen LogP contribution is -2.06. The van der Waals surface area contributed by atoms with Gasteiger partial charge in [0.25, 0.3) is 0 Å². The predicted molar refractivity (Wildman–Crippen MR) is 358 cm³/mol. The van der Waals surface area contributed by atoms with Crippen LogP contribution >= 0.6 is 0 Å². The molecule has 410 valence electrons. The van der Waals surface area contributed by atoms with Crippen LogP contribution in [0.4, 0.5) is 0 Å². The van der Waals surface area contributed by atoms with Gasteiger partial charge < -0.3 is 9.13 Å². The summed E-state index contributed by atoms with van der Waals surface area (Å²) >= 11 is 0. The summed E-state index contributed by atoms with van der Waals surface area (Å²) in [5.41, 5.74) is 16.4. The Hall–Kier alpha value is -12.1. The number of rotatable bonds is 9. The van der Waals surface area contributed by atoms with Gasteiger partial charge in [-0.25, -0.2) is 9.97 Å². The van der Waals surface area contributed by atoms with Crippen LogP contribution in [0.5, 0.6) is 0 Å². The molecule has 0 aliphatic carbocycles. The van der Waals surface area contributed by atoms with Gasteiger partial charge in [-0.2, -0.15) is 19.9 Å². The second-order valence-corrected chi connectivity index (χ2v) is 22.3. The summed E-state index contributed by atoms with van der Waals surface area (Å²) in [6.07, 6.45) is 0. The molecule has 18 rings (SSSR count). The van der Waals surface area contributed by atoms with E-state index in [9.17, 15) is 0 Å². The average Bonchev–Trinajstić information content (AvgIpc) is 1.63. The van der Waals surface area contributed by atoms with E-state index >= 15 is 0 Å². The van der Waals surface area contributed by atoms with Gasteiger partial charge in [-0.05, 0) is 90.0 Å². The Kier molecular flexibility index (Phi) is 11.1. The average molecular weight is 1130 g/mol. The SMILES string of the molecule is c1ccc(-c2nc(-c3ccccc3)nc(-n3c4ccccc4c4cc5c(cc43)c3ccccc3n5-c3ccc(-c4cccc(-c5nc(-c6ccccc6)nc(-n6c7ccccc7c7cc8c9ccccc9n(-c9ccccc9)c8cc76)n5)c4)cc3)n2)cc1. The van der Waals surface area contributed by atoms with Crippen molar-refractivity contribution in [1.82, 2.24) is 48.2 Å². The Balaban J connectivity index is 0.763. The Morgan fingerprint density at radius 2 is 0.489 bits per heavy atom. The highest BCUT2D eigenvalue weighted by atomic mass is 15.2. The standard InChI is InChI=1S/C78H48N10/c1-5-22-50(23-6-1)73-79-74(51-24-7-2-8-25-51)82-77(81-73)87-68-39-20-16-35-60(68)64-46-69-63(47-70(64)87)59-34-14-18-37-66(59)86(69)56-42-40-49(41-43-56)53-28-21-29-54(44-53)76-80-75(52-26-9-3-10-27-52)83-78(84-76)88-67-38-19-15-33-58(67)62-45-61-57-32-13-17-36-65(57)85(71(61)48-72(62)88)55-30-11-4-12-31-55/h1-48H. The lowest BCUT2D eigenvalue weighted by Gasteiger charge is -2.12. The summed E-state index contributed by atoms with van der Waals surface area (Å²) in [5, 5.41) is 9.12. The molecule has 88 heavy (non-hydrogen) atoms. The first-order valence-electron chi connectivity index (χ1n) is 29.5. The van der Waals surface area contributed by atoms with Crippen molar-refractivity contribution in [3.05, 3.63) is 291 Å². The fraction of sp³-hybridized carbons (Fsp3) is 0. The molecule has 0 aliphatic rings. The van der Waals surface area contributed by atoms with Gasteiger partial charge in [0.2, 0.25) is 11.9 Å². The number of hydrogen-bond acceptors (Lipinski definition) is 6. The number of benzene rings is 12. The summed E-state index contributed by atoms with van der Waals surface area (Å²) < 4.78 is 9.17. The topological polar surface area (TPSA) is 97.1 Å². The van der Waals surface area contributed by atoms with Crippen molar-refractivity contribution in [1.29, 1.82) is 0 Å². The zero-order chi connectivity index (χ0) is 57.8. The number of aromatic nitrogens is 10. The van der Waals surface area contributed by atoms with E-state index in [1.807, 2.05) is 78.9 Å². The van der Waals surface area contributed by atoms with E-state index in [1.54, 1.807) is 0 Å². The molecule has 0 atom stereocenters. The van der Waals surface area contributed by atoms with Gasteiger partial charge in [0.05, 0.1) is 44.1 Å². The van der Waals surface area contributed by atoms with Gasteiger partial charge in [0.1, 0.15) is 0 Å². The summed E-state index contributed by atoms with van der Waals surface area (Å²) in [6.45, 7) is 0. The summed E-state index contributed by atoms with van der Waals surface area (Å²) in [5.74, 6) is 3.49. The van der Waals surface area contributed by atoms with E-state index in [2.05, 4.69) is 231 Å². The van der Waals surface area contributed by atoms with Crippen molar-refractivity contribution < 1.29 is 0 Å². The molecule has 12 aromatic carbocycles. The fourth-order valence-electron chi connectivity index (χ4n) is 13.3. The van der Waals surface area contributed by atoms with Gasteiger partial charge in [-0.15, -0.1) is 0 Å². The van der Waals surface area contributed by atoms with Crippen LogP contribution in [0, 0.1) is 0 Å². The number of para-hydroxylation sites is 5. The molecule has 0 unspecified atom stereocenters. The molecule has 10 nitrogen and oxygen atoms in total. The summed E-state index contributed by atoms with van der Waals surface area (Å²) in [4.78, 5) is 31.5. The van der Waals surface area contributed by atoms with E-state index in [1.165, 1.54) is 10.8 Å². The minimum Gasteiger partial charge on any atom is -0.309 e. The Morgan fingerprint density at radius 1 is 0.170 bits per heavy atom. The third kappa shape index (κ3) is 7.82. The molecular formula is C78H48N10. The second-order valence-electron chi connectivity index (χ2n) is 22.3. The molecule has 0 bridgehead atoms. The van der Waals surface area contributed by atoms with Crippen LogP contribution in [0.3, 0.4) is 0 Å². The zero-order valence-electron chi connectivity index (χ0n) is 47.2. The maximum Gasteiger partial charge on any atom is 0.238 e. The molecule has 6 aromatic heterocycles. The molecule has 18 aromatic rings. The number of hydrogen-bond donors (Lipinski definition) is 0. The molecular weight excluding hydrogens is 1080 g/mol. The highest BCUT2D eigenvalue weighted by Gasteiger charge is 2.24. The fourth-order valence-corrected chi connectivity index (χ4v) is 13.3. The van der Waals surface area contributed by atoms with Gasteiger partial charge >= 0.3 is 0 Å². The number of nitrogens with zero attached hydrogens (tertiary/aromatic N) is 10. The lowest BCUT2D eigenvalue weighted by molar-refractivity contribution is 0.953. The molecule has 0 amide bonds.